The minimum atomic E-state index is -0.696. The maximum atomic E-state index is 10.9. The van der Waals surface area contributed by atoms with Crippen LogP contribution in [0.2, 0.25) is 0 Å². The molecule has 15 heavy (non-hydrogen) atoms. The lowest BCUT2D eigenvalue weighted by molar-refractivity contribution is 0.428. The molecule has 80 valence electrons. The van der Waals surface area contributed by atoms with E-state index in [4.69, 9.17) is 9.52 Å². The molecule has 0 fully saturated rings. The molecule has 0 radical (unpaired) electrons. The summed E-state index contributed by atoms with van der Waals surface area (Å²) in [6, 6.07) is 6.85. The number of rotatable bonds is 0. The van der Waals surface area contributed by atoms with E-state index in [2.05, 4.69) is 0 Å². The predicted molar refractivity (Wildman–Crippen MR) is 60.2 cm³/mol. The summed E-state index contributed by atoms with van der Waals surface area (Å²) in [5.74, 6) is -0.351. The quantitative estimate of drug-likeness (QED) is 0.674. The fraction of sp³-hybridized carbons (Fsp3) is 0.250. The van der Waals surface area contributed by atoms with Crippen molar-refractivity contribution in [3.8, 4) is 5.75 Å². The van der Waals surface area contributed by atoms with Crippen molar-refractivity contribution in [3.05, 3.63) is 40.2 Å². The molecule has 3 heteroatoms. The number of benzene rings is 1. The van der Waals surface area contributed by atoms with Gasteiger partial charge in [0, 0.05) is 5.39 Å². The molecule has 0 saturated carbocycles. The lowest BCUT2D eigenvalue weighted by Crippen LogP contribution is -1.96. The molecule has 0 bridgehead atoms. The maximum absolute atomic E-state index is 10.9. The van der Waals surface area contributed by atoms with Gasteiger partial charge in [0.15, 0.2) is 0 Å². The van der Waals surface area contributed by atoms with Gasteiger partial charge in [-0.15, -0.1) is 0 Å². The third-order valence-corrected chi connectivity index (χ3v) is 1.87. The van der Waals surface area contributed by atoms with Crippen molar-refractivity contribution in [2.24, 2.45) is 0 Å². The van der Waals surface area contributed by atoms with Crippen LogP contribution in [-0.4, -0.2) is 5.11 Å². The predicted octanol–water partition coefficient (Wildman–Crippen LogP) is 2.83. The molecule has 0 saturated heterocycles. The molecule has 1 N–H and O–H groups in total. The minimum Gasteiger partial charge on any atom is -0.502 e. The van der Waals surface area contributed by atoms with Crippen molar-refractivity contribution in [1.82, 2.24) is 0 Å². The van der Waals surface area contributed by atoms with Crippen LogP contribution in [0.5, 0.6) is 5.75 Å². The Morgan fingerprint density at radius 1 is 1.20 bits per heavy atom. The lowest BCUT2D eigenvalue weighted by Gasteiger charge is -1.97. The Kier molecular flexibility index (Phi) is 3.50. The van der Waals surface area contributed by atoms with Gasteiger partial charge < -0.3 is 9.52 Å². The highest BCUT2D eigenvalue weighted by Gasteiger charge is 2.02. The highest BCUT2D eigenvalue weighted by Crippen LogP contribution is 2.17. The summed E-state index contributed by atoms with van der Waals surface area (Å²) < 4.78 is 4.87. The first kappa shape index (κ1) is 11.3. The van der Waals surface area contributed by atoms with E-state index in [1.54, 1.807) is 12.1 Å². The van der Waals surface area contributed by atoms with Crippen LogP contribution < -0.4 is 5.63 Å². The van der Waals surface area contributed by atoms with E-state index in [1.807, 2.05) is 26.8 Å². The van der Waals surface area contributed by atoms with Gasteiger partial charge in [0.25, 0.3) is 0 Å². The molecule has 2 aromatic rings. The molecule has 0 spiro atoms. The smallest absolute Gasteiger partial charge is 0.378 e. The molecule has 0 amide bonds. The fourth-order valence-corrected chi connectivity index (χ4v) is 1.21. The van der Waals surface area contributed by atoms with E-state index in [9.17, 15) is 4.79 Å². The third kappa shape index (κ3) is 2.37. The van der Waals surface area contributed by atoms with Gasteiger partial charge in [0.2, 0.25) is 5.75 Å². The highest BCUT2D eigenvalue weighted by molar-refractivity contribution is 5.78. The van der Waals surface area contributed by atoms with Gasteiger partial charge in [0.1, 0.15) is 5.58 Å². The van der Waals surface area contributed by atoms with E-state index < -0.39 is 5.63 Å². The molecule has 0 aliphatic carbocycles. The summed E-state index contributed by atoms with van der Waals surface area (Å²) in [6.07, 6.45) is 0. The van der Waals surface area contributed by atoms with Gasteiger partial charge >= 0.3 is 5.63 Å². The van der Waals surface area contributed by atoms with Crippen molar-refractivity contribution in [2.75, 3.05) is 0 Å². The molecule has 0 aliphatic heterocycles. The van der Waals surface area contributed by atoms with Crippen LogP contribution in [0.1, 0.15) is 19.4 Å². The zero-order chi connectivity index (χ0) is 11.4. The summed E-state index contributed by atoms with van der Waals surface area (Å²) in [5.41, 5.74) is 0.822. The number of hydrogen-bond acceptors (Lipinski definition) is 3. The number of fused-ring (bicyclic) bond motifs is 1. The van der Waals surface area contributed by atoms with Crippen LogP contribution in [0.3, 0.4) is 0 Å². The van der Waals surface area contributed by atoms with Crippen LogP contribution in [0, 0.1) is 6.92 Å². The van der Waals surface area contributed by atoms with Crippen molar-refractivity contribution in [1.29, 1.82) is 0 Å². The molecule has 3 nitrogen and oxygen atoms in total. The average molecular weight is 206 g/mol. The first-order chi connectivity index (χ1) is 7.16. The van der Waals surface area contributed by atoms with E-state index in [1.165, 1.54) is 6.07 Å². The van der Waals surface area contributed by atoms with E-state index in [-0.39, 0.29) is 5.75 Å². The van der Waals surface area contributed by atoms with Crippen LogP contribution in [0.15, 0.2) is 33.5 Å². The van der Waals surface area contributed by atoms with E-state index in [0.717, 1.165) is 10.9 Å². The summed E-state index contributed by atoms with van der Waals surface area (Å²) in [7, 11) is 0. The normalized spacial score (nSPS) is 9.53. The Morgan fingerprint density at radius 3 is 2.53 bits per heavy atom. The zero-order valence-electron chi connectivity index (χ0n) is 9.07. The zero-order valence-corrected chi connectivity index (χ0v) is 9.07. The van der Waals surface area contributed by atoms with Gasteiger partial charge in [-0.3, -0.25) is 0 Å². The van der Waals surface area contributed by atoms with Crippen LogP contribution >= 0.6 is 0 Å². The molecule has 0 atom stereocenters. The van der Waals surface area contributed by atoms with Crippen molar-refractivity contribution < 1.29 is 9.52 Å². The number of aryl methyl sites for hydroxylation is 1. The van der Waals surface area contributed by atoms with Crippen LogP contribution in [0.4, 0.5) is 0 Å². The second-order valence-electron chi connectivity index (χ2n) is 2.96. The summed E-state index contributed by atoms with van der Waals surface area (Å²) in [4.78, 5) is 10.9. The molecular weight excluding hydrogens is 192 g/mol. The van der Waals surface area contributed by atoms with Crippen molar-refractivity contribution in [2.45, 2.75) is 20.8 Å². The third-order valence-electron chi connectivity index (χ3n) is 1.87. The minimum absolute atomic E-state index is 0.351. The first-order valence-electron chi connectivity index (χ1n) is 4.90. The first-order valence-corrected chi connectivity index (χ1v) is 4.90. The molecule has 1 heterocycles. The average Bonchev–Trinajstić information content (AvgIpc) is 2.23. The molecule has 0 unspecified atom stereocenters. The second kappa shape index (κ2) is 4.64. The molecular formula is C12H14O3. The van der Waals surface area contributed by atoms with Crippen molar-refractivity contribution in [3.63, 3.8) is 0 Å². The number of aromatic hydroxyl groups is 1. The van der Waals surface area contributed by atoms with Crippen LogP contribution in [0.25, 0.3) is 11.0 Å². The second-order valence-corrected chi connectivity index (χ2v) is 2.96. The maximum Gasteiger partial charge on any atom is 0.378 e. The van der Waals surface area contributed by atoms with E-state index in [0.29, 0.717) is 5.58 Å². The Hall–Kier alpha value is -1.77. The summed E-state index contributed by atoms with van der Waals surface area (Å²) in [6.45, 7) is 5.91. The van der Waals surface area contributed by atoms with Crippen LogP contribution in [-0.2, 0) is 0 Å². The van der Waals surface area contributed by atoms with Gasteiger partial charge in [-0.1, -0.05) is 26.0 Å². The Labute approximate surface area is 88.0 Å². The molecule has 2 rings (SSSR count). The Bertz CT molecular complexity index is 512. The Balaban J connectivity index is 0.000000531. The Morgan fingerprint density at radius 2 is 1.87 bits per heavy atom. The number of hydrogen-bond donors (Lipinski definition) is 1. The van der Waals surface area contributed by atoms with Gasteiger partial charge in [-0.05, 0) is 24.6 Å². The SMILES string of the molecule is CC.Cc1ccc2cc(O)c(=O)oc2c1. The topological polar surface area (TPSA) is 50.4 Å². The molecule has 1 aromatic heterocycles. The summed E-state index contributed by atoms with van der Waals surface area (Å²) in [5, 5.41) is 9.81. The van der Waals surface area contributed by atoms with Crippen molar-refractivity contribution >= 4 is 11.0 Å². The lowest BCUT2D eigenvalue weighted by atomic mass is 10.2. The van der Waals surface area contributed by atoms with Gasteiger partial charge in [-0.2, -0.15) is 0 Å². The van der Waals surface area contributed by atoms with Gasteiger partial charge in [-0.25, -0.2) is 4.79 Å². The largest absolute Gasteiger partial charge is 0.502 e. The highest BCUT2D eigenvalue weighted by atomic mass is 16.4. The fourth-order valence-electron chi connectivity index (χ4n) is 1.21. The van der Waals surface area contributed by atoms with E-state index >= 15 is 0 Å². The standard InChI is InChI=1S/C10H8O3.C2H6/c1-6-2-3-7-5-8(11)10(12)13-9(7)4-6;1-2/h2-5,11H,1H3;1-2H3. The monoisotopic (exact) mass is 206 g/mol. The van der Waals surface area contributed by atoms with Gasteiger partial charge in [0.05, 0.1) is 0 Å². The summed E-state index contributed by atoms with van der Waals surface area (Å²) >= 11 is 0. The molecule has 0 aliphatic rings. The molecule has 1 aromatic carbocycles.